The molecule has 2 heterocycles. The molecular formula is C14H16N2O3S. The van der Waals surface area contributed by atoms with Crippen LogP contribution in [0.4, 0.5) is 0 Å². The normalized spacial score (nSPS) is 13.6. The number of aromatic nitrogens is 2. The summed E-state index contributed by atoms with van der Waals surface area (Å²) in [6.45, 7) is 0. The van der Waals surface area contributed by atoms with Crippen molar-refractivity contribution in [2.75, 3.05) is 0 Å². The van der Waals surface area contributed by atoms with Crippen molar-refractivity contribution in [2.45, 2.75) is 44.9 Å². The van der Waals surface area contributed by atoms with Crippen LogP contribution in [0.5, 0.6) is 0 Å². The summed E-state index contributed by atoms with van der Waals surface area (Å²) < 4.78 is 5.65. The molecule has 1 N–H and O–H groups in total. The highest BCUT2D eigenvalue weighted by Crippen LogP contribution is 2.35. The van der Waals surface area contributed by atoms with Gasteiger partial charge in [0.05, 0.1) is 4.88 Å². The molecule has 106 valence electrons. The second-order valence-electron chi connectivity index (χ2n) is 5.01. The summed E-state index contributed by atoms with van der Waals surface area (Å²) in [5.41, 5.74) is 1.42. The summed E-state index contributed by atoms with van der Waals surface area (Å²) in [5, 5.41) is 16.7. The van der Waals surface area contributed by atoms with E-state index in [0.29, 0.717) is 24.6 Å². The van der Waals surface area contributed by atoms with Gasteiger partial charge in [0, 0.05) is 17.7 Å². The van der Waals surface area contributed by atoms with Gasteiger partial charge in [-0.15, -0.1) is 21.5 Å². The molecule has 0 unspecified atom stereocenters. The number of carbonyl (C=O) groups is 1. The van der Waals surface area contributed by atoms with Crippen LogP contribution in [0, 0.1) is 0 Å². The molecule has 6 heteroatoms. The zero-order valence-corrected chi connectivity index (χ0v) is 11.9. The molecule has 0 saturated carbocycles. The molecule has 5 nitrogen and oxygen atoms in total. The second-order valence-corrected chi connectivity index (χ2v) is 6.15. The predicted molar refractivity (Wildman–Crippen MR) is 74.8 cm³/mol. The average Bonchev–Trinajstić information content (AvgIpc) is 3.08. The van der Waals surface area contributed by atoms with Gasteiger partial charge in [-0.1, -0.05) is 0 Å². The third kappa shape index (κ3) is 2.90. The molecule has 0 aromatic carbocycles. The fourth-order valence-electron chi connectivity index (χ4n) is 2.44. The van der Waals surface area contributed by atoms with Crippen LogP contribution >= 0.6 is 11.3 Å². The number of nitrogens with zero attached hydrogens (tertiary/aromatic N) is 2. The van der Waals surface area contributed by atoms with E-state index >= 15 is 0 Å². The summed E-state index contributed by atoms with van der Waals surface area (Å²) in [5.74, 6) is 0.431. The van der Waals surface area contributed by atoms with E-state index in [0.717, 1.165) is 24.1 Å². The first kappa shape index (κ1) is 13.3. The lowest BCUT2D eigenvalue weighted by Gasteiger charge is -1.94. The summed E-state index contributed by atoms with van der Waals surface area (Å²) in [7, 11) is 0. The van der Waals surface area contributed by atoms with Crippen LogP contribution in [-0.2, 0) is 24.1 Å². The quantitative estimate of drug-likeness (QED) is 0.828. The summed E-state index contributed by atoms with van der Waals surface area (Å²) >= 11 is 1.75. The van der Waals surface area contributed by atoms with Crippen molar-refractivity contribution in [1.82, 2.24) is 10.2 Å². The lowest BCUT2D eigenvalue weighted by Crippen LogP contribution is -1.95. The van der Waals surface area contributed by atoms with E-state index in [1.807, 2.05) is 0 Å². The Morgan fingerprint density at radius 1 is 1.35 bits per heavy atom. The highest BCUT2D eigenvalue weighted by molar-refractivity contribution is 7.15. The average molecular weight is 292 g/mol. The third-order valence-corrected chi connectivity index (χ3v) is 4.68. The molecule has 2 aromatic rings. The standard InChI is InChI=1S/C14H16N2O3S/c17-13(18)7-2-1-6-12-15-16-14(19-12)11-8-9-4-3-5-10(9)20-11/h8H,1-7H2,(H,17,18). The molecule has 0 atom stereocenters. The van der Waals surface area contributed by atoms with E-state index in [1.54, 1.807) is 11.3 Å². The van der Waals surface area contributed by atoms with Gasteiger partial charge >= 0.3 is 5.97 Å². The summed E-state index contributed by atoms with van der Waals surface area (Å²) in [4.78, 5) is 12.9. The zero-order chi connectivity index (χ0) is 13.9. The Morgan fingerprint density at radius 3 is 3.05 bits per heavy atom. The maximum atomic E-state index is 10.4. The van der Waals surface area contributed by atoms with Crippen molar-refractivity contribution in [3.63, 3.8) is 0 Å². The number of hydrogen-bond acceptors (Lipinski definition) is 5. The molecule has 0 amide bonds. The van der Waals surface area contributed by atoms with Crippen molar-refractivity contribution in [3.8, 4) is 10.8 Å². The monoisotopic (exact) mass is 292 g/mol. The first-order chi connectivity index (χ1) is 9.72. The lowest BCUT2D eigenvalue weighted by molar-refractivity contribution is -0.137. The first-order valence-electron chi connectivity index (χ1n) is 6.88. The van der Waals surface area contributed by atoms with Gasteiger partial charge in [0.25, 0.3) is 5.89 Å². The molecule has 1 aliphatic carbocycles. The topological polar surface area (TPSA) is 76.2 Å². The van der Waals surface area contributed by atoms with Gasteiger partial charge in [0.1, 0.15) is 0 Å². The van der Waals surface area contributed by atoms with Crippen molar-refractivity contribution in [2.24, 2.45) is 0 Å². The first-order valence-corrected chi connectivity index (χ1v) is 7.70. The minimum absolute atomic E-state index is 0.193. The van der Waals surface area contributed by atoms with E-state index in [2.05, 4.69) is 16.3 Å². The Balaban J connectivity index is 1.60. The van der Waals surface area contributed by atoms with Gasteiger partial charge in [-0.25, -0.2) is 0 Å². The minimum atomic E-state index is -0.760. The van der Waals surface area contributed by atoms with Gasteiger partial charge in [-0.2, -0.15) is 0 Å². The van der Waals surface area contributed by atoms with Crippen LogP contribution in [0.3, 0.4) is 0 Å². The largest absolute Gasteiger partial charge is 0.481 e. The van der Waals surface area contributed by atoms with E-state index in [4.69, 9.17) is 9.52 Å². The number of hydrogen-bond donors (Lipinski definition) is 1. The molecule has 0 fully saturated rings. The number of carboxylic acid groups (broad SMARTS) is 1. The van der Waals surface area contributed by atoms with Crippen LogP contribution in [0.25, 0.3) is 10.8 Å². The molecule has 20 heavy (non-hydrogen) atoms. The molecule has 3 rings (SSSR count). The smallest absolute Gasteiger partial charge is 0.303 e. The molecule has 2 aromatic heterocycles. The van der Waals surface area contributed by atoms with Gasteiger partial charge in [0.2, 0.25) is 5.89 Å². The number of rotatable bonds is 6. The number of fused-ring (bicyclic) bond motifs is 1. The van der Waals surface area contributed by atoms with E-state index in [-0.39, 0.29) is 6.42 Å². The number of unbranched alkanes of at least 4 members (excludes halogenated alkanes) is 1. The second kappa shape index (κ2) is 5.75. The van der Waals surface area contributed by atoms with Crippen LogP contribution in [0.15, 0.2) is 10.5 Å². The van der Waals surface area contributed by atoms with Gasteiger partial charge in [-0.05, 0) is 43.7 Å². The Kier molecular flexibility index (Phi) is 3.82. The Morgan fingerprint density at radius 2 is 2.25 bits per heavy atom. The summed E-state index contributed by atoms with van der Waals surface area (Å²) in [6, 6.07) is 2.16. The fourth-order valence-corrected chi connectivity index (χ4v) is 3.62. The van der Waals surface area contributed by atoms with Crippen LogP contribution in [0.2, 0.25) is 0 Å². The van der Waals surface area contributed by atoms with Crippen molar-refractivity contribution in [1.29, 1.82) is 0 Å². The minimum Gasteiger partial charge on any atom is -0.481 e. The fraction of sp³-hybridized carbons (Fsp3) is 0.500. The maximum Gasteiger partial charge on any atom is 0.303 e. The van der Waals surface area contributed by atoms with Gasteiger partial charge < -0.3 is 9.52 Å². The maximum absolute atomic E-state index is 10.4. The molecule has 0 saturated heterocycles. The Hall–Kier alpha value is -1.69. The lowest BCUT2D eigenvalue weighted by atomic mass is 10.2. The van der Waals surface area contributed by atoms with Gasteiger partial charge in [0.15, 0.2) is 0 Å². The Bertz CT molecular complexity index is 596. The van der Waals surface area contributed by atoms with Crippen molar-refractivity contribution >= 4 is 17.3 Å². The van der Waals surface area contributed by atoms with Crippen molar-refractivity contribution < 1.29 is 14.3 Å². The predicted octanol–water partition coefficient (Wildman–Crippen LogP) is 3.08. The number of carboxylic acids is 1. The highest BCUT2D eigenvalue weighted by atomic mass is 32.1. The Labute approximate surface area is 120 Å². The third-order valence-electron chi connectivity index (χ3n) is 3.46. The molecule has 1 aliphatic rings. The SMILES string of the molecule is O=C(O)CCCCc1nnc(-c2cc3c(s2)CCC3)o1. The molecule has 0 aliphatic heterocycles. The van der Waals surface area contributed by atoms with E-state index in [9.17, 15) is 4.79 Å². The van der Waals surface area contributed by atoms with Crippen LogP contribution in [0.1, 0.15) is 42.0 Å². The summed E-state index contributed by atoms with van der Waals surface area (Å²) in [6.07, 6.45) is 5.80. The molecule has 0 spiro atoms. The molecule has 0 bridgehead atoms. The molecule has 0 radical (unpaired) electrons. The number of aliphatic carboxylic acids is 1. The van der Waals surface area contributed by atoms with Crippen molar-refractivity contribution in [3.05, 3.63) is 22.4 Å². The number of thiophene rings is 1. The molecular weight excluding hydrogens is 276 g/mol. The van der Waals surface area contributed by atoms with Gasteiger partial charge in [-0.3, -0.25) is 4.79 Å². The zero-order valence-electron chi connectivity index (χ0n) is 11.1. The highest BCUT2D eigenvalue weighted by Gasteiger charge is 2.18. The van der Waals surface area contributed by atoms with Crippen LogP contribution < -0.4 is 0 Å². The van der Waals surface area contributed by atoms with E-state index in [1.165, 1.54) is 16.9 Å². The number of aryl methyl sites for hydroxylation is 3. The van der Waals surface area contributed by atoms with Crippen LogP contribution in [-0.4, -0.2) is 21.3 Å². The van der Waals surface area contributed by atoms with E-state index < -0.39 is 5.97 Å².